The maximum Gasteiger partial charge on any atom is 0.163 e. The van der Waals surface area contributed by atoms with Crippen LogP contribution in [0.4, 0.5) is 0 Å². The van der Waals surface area contributed by atoms with Crippen molar-refractivity contribution >= 4 is 15.4 Å². The number of methoxy groups -OCH3 is 2. The summed E-state index contributed by atoms with van der Waals surface area (Å²) >= 11 is 0. The van der Waals surface area contributed by atoms with Gasteiger partial charge in [-0.05, 0) is 30.2 Å². The minimum Gasteiger partial charge on any atom is -0.493 e. The van der Waals surface area contributed by atoms with Crippen molar-refractivity contribution in [3.8, 4) is 11.5 Å². The van der Waals surface area contributed by atoms with Crippen molar-refractivity contribution in [1.29, 1.82) is 0 Å². The molecule has 0 heterocycles. The summed E-state index contributed by atoms with van der Waals surface area (Å²) in [6.07, 6.45) is 0. The third-order valence-electron chi connectivity index (χ3n) is 2.15. The number of rotatable bonds is 2. The number of hydrogen-bond acceptors (Lipinski definition) is 2. The zero-order valence-electron chi connectivity index (χ0n) is 8.39. The van der Waals surface area contributed by atoms with Gasteiger partial charge in [0, 0.05) is 0 Å². The van der Waals surface area contributed by atoms with Crippen molar-refractivity contribution in [1.82, 2.24) is 0 Å². The fourth-order valence-corrected chi connectivity index (χ4v) is 1.74. The predicted molar refractivity (Wildman–Crippen MR) is 54.4 cm³/mol. The lowest BCUT2D eigenvalue weighted by molar-refractivity contribution is 0.355. The molecule has 1 rings (SSSR count). The molecule has 69 valence electrons. The average molecular weight is 193 g/mol. The van der Waals surface area contributed by atoms with Crippen molar-refractivity contribution in [3.63, 3.8) is 0 Å². The van der Waals surface area contributed by atoms with Gasteiger partial charge in [0.1, 0.15) is 0 Å². The van der Waals surface area contributed by atoms with Crippen molar-refractivity contribution in [2.75, 3.05) is 14.2 Å². The van der Waals surface area contributed by atoms with Crippen molar-refractivity contribution in [3.05, 3.63) is 17.2 Å². The molecule has 0 amide bonds. The quantitative estimate of drug-likeness (QED) is 0.655. The van der Waals surface area contributed by atoms with E-state index in [2.05, 4.69) is 10.2 Å². The van der Waals surface area contributed by atoms with E-state index in [1.807, 2.05) is 19.9 Å². The molecule has 0 spiro atoms. The first kappa shape index (κ1) is 10.1. The molecule has 3 heteroatoms. The van der Waals surface area contributed by atoms with E-state index < -0.39 is 0 Å². The summed E-state index contributed by atoms with van der Waals surface area (Å²) < 4.78 is 10.5. The van der Waals surface area contributed by atoms with Gasteiger partial charge in [-0.25, -0.2) is 0 Å². The van der Waals surface area contributed by atoms with E-state index in [-0.39, 0.29) is 0 Å². The second-order valence-corrected chi connectivity index (χ2v) is 3.47. The molecule has 0 atom stereocenters. The lowest BCUT2D eigenvalue weighted by atomic mass is 10.1. The average Bonchev–Trinajstić information content (AvgIpc) is 2.10. The minimum absolute atomic E-state index is 0.752. The maximum atomic E-state index is 5.27. The van der Waals surface area contributed by atoms with Gasteiger partial charge in [0.25, 0.3) is 0 Å². The molecule has 0 unspecified atom stereocenters. The monoisotopic (exact) mass is 193 g/mol. The molecule has 0 aliphatic heterocycles. The van der Waals surface area contributed by atoms with Gasteiger partial charge in [0.2, 0.25) is 0 Å². The van der Waals surface area contributed by atoms with Gasteiger partial charge in [-0.2, -0.15) is 0 Å². The Bertz CT molecular complexity index is 321. The summed E-state index contributed by atoms with van der Waals surface area (Å²) in [5.74, 6) is 1.55. The second kappa shape index (κ2) is 3.83. The Hall–Kier alpha value is -0.963. The Balaban J connectivity index is 3.41. The van der Waals surface area contributed by atoms with Gasteiger partial charge in [0.05, 0.1) is 24.5 Å². The number of hydrogen-bond donors (Lipinski definition) is 0. The minimum atomic E-state index is 0.752. The fraction of sp³-hybridized carbons (Fsp3) is 0.400. The summed E-state index contributed by atoms with van der Waals surface area (Å²) in [7, 11) is 6.76. The summed E-state index contributed by atoms with van der Waals surface area (Å²) in [5.41, 5.74) is 2.30. The summed E-state index contributed by atoms with van der Waals surface area (Å²) in [6, 6.07) is 2.02. The first-order valence-corrected chi connectivity index (χ1v) is 4.55. The molecular formula is C10H13O2Si. The zero-order chi connectivity index (χ0) is 10.0. The Labute approximate surface area is 82.3 Å². The normalized spacial score (nSPS) is 9.92. The first-order valence-electron chi connectivity index (χ1n) is 4.05. The third-order valence-corrected chi connectivity index (χ3v) is 2.52. The molecular weight excluding hydrogens is 180 g/mol. The van der Waals surface area contributed by atoms with Crippen LogP contribution in [0.5, 0.6) is 11.5 Å². The highest BCUT2D eigenvalue weighted by Crippen LogP contribution is 2.30. The largest absolute Gasteiger partial charge is 0.493 e. The van der Waals surface area contributed by atoms with E-state index in [1.165, 1.54) is 5.56 Å². The van der Waals surface area contributed by atoms with Crippen molar-refractivity contribution < 1.29 is 9.47 Å². The molecule has 0 aliphatic rings. The summed E-state index contributed by atoms with van der Waals surface area (Å²) in [6.45, 7) is 4.06. The maximum absolute atomic E-state index is 5.27. The van der Waals surface area contributed by atoms with Crippen LogP contribution in [0.25, 0.3) is 0 Å². The Kier molecular flexibility index (Phi) is 2.98. The molecule has 0 bridgehead atoms. The highest BCUT2D eigenvalue weighted by Gasteiger charge is 2.11. The molecule has 1 aromatic carbocycles. The molecule has 0 N–H and O–H groups in total. The lowest BCUT2D eigenvalue weighted by Gasteiger charge is -2.14. The Morgan fingerprint density at radius 3 is 2.08 bits per heavy atom. The number of benzene rings is 1. The topological polar surface area (TPSA) is 18.5 Å². The van der Waals surface area contributed by atoms with Gasteiger partial charge in [0.15, 0.2) is 11.5 Å². The van der Waals surface area contributed by atoms with E-state index in [4.69, 9.17) is 9.47 Å². The SMILES string of the molecule is COc1c([Si])cc(C)c(C)c1OC. The zero-order valence-corrected chi connectivity index (χ0v) is 9.39. The molecule has 3 radical (unpaired) electrons. The van der Waals surface area contributed by atoms with Crippen LogP contribution in [0.2, 0.25) is 0 Å². The van der Waals surface area contributed by atoms with E-state index in [0.29, 0.717) is 0 Å². The van der Waals surface area contributed by atoms with Gasteiger partial charge in [-0.15, -0.1) is 0 Å². The van der Waals surface area contributed by atoms with E-state index in [0.717, 1.165) is 22.2 Å². The first-order chi connectivity index (χ1) is 6.11. The van der Waals surface area contributed by atoms with Crippen LogP contribution < -0.4 is 14.7 Å². The highest BCUT2D eigenvalue weighted by molar-refractivity contribution is 6.34. The van der Waals surface area contributed by atoms with Crippen LogP contribution in [0, 0.1) is 13.8 Å². The van der Waals surface area contributed by atoms with Gasteiger partial charge in [-0.3, -0.25) is 0 Å². The Morgan fingerprint density at radius 1 is 1.08 bits per heavy atom. The molecule has 0 fully saturated rings. The molecule has 0 saturated carbocycles. The van der Waals surface area contributed by atoms with Crippen LogP contribution in [0.3, 0.4) is 0 Å². The van der Waals surface area contributed by atoms with Crippen LogP contribution in [-0.2, 0) is 0 Å². The molecule has 0 aromatic heterocycles. The van der Waals surface area contributed by atoms with Gasteiger partial charge in [-0.1, -0.05) is 6.07 Å². The van der Waals surface area contributed by atoms with E-state index >= 15 is 0 Å². The van der Waals surface area contributed by atoms with Crippen molar-refractivity contribution in [2.45, 2.75) is 13.8 Å². The highest BCUT2D eigenvalue weighted by atomic mass is 28.1. The number of aryl methyl sites for hydroxylation is 1. The third kappa shape index (κ3) is 1.70. The number of ether oxygens (including phenoxy) is 2. The molecule has 0 saturated heterocycles. The summed E-state index contributed by atoms with van der Waals surface area (Å²) in [4.78, 5) is 0. The van der Waals surface area contributed by atoms with Gasteiger partial charge >= 0.3 is 0 Å². The van der Waals surface area contributed by atoms with E-state index in [9.17, 15) is 0 Å². The molecule has 13 heavy (non-hydrogen) atoms. The smallest absolute Gasteiger partial charge is 0.163 e. The molecule has 0 aliphatic carbocycles. The molecule has 2 nitrogen and oxygen atoms in total. The predicted octanol–water partition coefficient (Wildman–Crippen LogP) is 1.11. The Morgan fingerprint density at radius 2 is 1.62 bits per heavy atom. The van der Waals surface area contributed by atoms with E-state index in [1.54, 1.807) is 14.2 Å². The van der Waals surface area contributed by atoms with Gasteiger partial charge < -0.3 is 9.47 Å². The molecule has 1 aromatic rings. The second-order valence-electron chi connectivity index (χ2n) is 2.93. The van der Waals surface area contributed by atoms with Crippen LogP contribution in [0.15, 0.2) is 6.07 Å². The van der Waals surface area contributed by atoms with Crippen LogP contribution >= 0.6 is 0 Å². The lowest BCUT2D eigenvalue weighted by Crippen LogP contribution is -2.11. The van der Waals surface area contributed by atoms with Crippen LogP contribution in [0.1, 0.15) is 11.1 Å². The van der Waals surface area contributed by atoms with Crippen molar-refractivity contribution in [2.24, 2.45) is 0 Å². The standard InChI is InChI=1S/C10H13O2Si/c1-6-5-8(13)10(12-4)9(11-3)7(6)2/h5H,1-4H3. The van der Waals surface area contributed by atoms with Crippen LogP contribution in [-0.4, -0.2) is 24.5 Å². The summed E-state index contributed by atoms with van der Waals surface area (Å²) in [5, 5.41) is 0.919. The fourth-order valence-electron chi connectivity index (χ4n) is 1.31.